The maximum absolute atomic E-state index is 12.4. The fourth-order valence-corrected chi connectivity index (χ4v) is 3.63. The van der Waals surface area contributed by atoms with Crippen molar-refractivity contribution in [2.24, 2.45) is 0 Å². The number of carbonyl (C=O) groups excluding carboxylic acids is 1. The van der Waals surface area contributed by atoms with E-state index in [2.05, 4.69) is 19.2 Å². The highest BCUT2D eigenvalue weighted by molar-refractivity contribution is 7.90. The molecule has 6 heteroatoms. The molecule has 0 aliphatic heterocycles. The van der Waals surface area contributed by atoms with E-state index < -0.39 is 9.84 Å². The standard InChI is InChI=1S/C17H28N2O3S/c1-6-19(14(2)12-23(5,21)22)16(20)18-13-17(3,4)15-10-8-7-9-11-15/h7-11,14H,6,12-13H2,1-5H3,(H,18,20)/t14-/m1/s1. The minimum atomic E-state index is -3.12. The molecule has 0 bridgehead atoms. The lowest BCUT2D eigenvalue weighted by atomic mass is 9.85. The summed E-state index contributed by atoms with van der Waals surface area (Å²) in [6, 6.07) is 9.41. The van der Waals surface area contributed by atoms with Crippen molar-refractivity contribution in [2.75, 3.05) is 25.1 Å². The topological polar surface area (TPSA) is 66.5 Å². The zero-order valence-electron chi connectivity index (χ0n) is 14.7. The van der Waals surface area contributed by atoms with Crippen LogP contribution in [0.1, 0.15) is 33.3 Å². The molecule has 0 aliphatic carbocycles. The van der Waals surface area contributed by atoms with Crippen LogP contribution in [-0.2, 0) is 15.3 Å². The van der Waals surface area contributed by atoms with Crippen LogP contribution in [0.2, 0.25) is 0 Å². The number of benzene rings is 1. The van der Waals surface area contributed by atoms with Gasteiger partial charge >= 0.3 is 6.03 Å². The Labute approximate surface area is 140 Å². The highest BCUT2D eigenvalue weighted by Gasteiger charge is 2.25. The van der Waals surface area contributed by atoms with Gasteiger partial charge in [0, 0.05) is 30.8 Å². The van der Waals surface area contributed by atoms with Gasteiger partial charge in [0.05, 0.1) is 5.75 Å². The van der Waals surface area contributed by atoms with Gasteiger partial charge in [-0.1, -0.05) is 44.2 Å². The highest BCUT2D eigenvalue weighted by atomic mass is 32.2. The minimum absolute atomic E-state index is 0.0314. The van der Waals surface area contributed by atoms with Crippen LogP contribution < -0.4 is 5.32 Å². The molecule has 0 fully saturated rings. The lowest BCUT2D eigenvalue weighted by molar-refractivity contribution is 0.185. The fourth-order valence-electron chi connectivity index (χ4n) is 2.57. The van der Waals surface area contributed by atoms with E-state index in [1.165, 1.54) is 6.26 Å². The number of rotatable bonds is 7. The number of carbonyl (C=O) groups is 1. The number of amides is 2. The molecule has 5 nitrogen and oxygen atoms in total. The summed E-state index contributed by atoms with van der Waals surface area (Å²) in [7, 11) is -3.12. The molecular formula is C17H28N2O3S. The second-order valence-electron chi connectivity index (χ2n) is 6.64. The second kappa shape index (κ2) is 7.81. The fraction of sp³-hybridized carbons (Fsp3) is 0.588. The third-order valence-corrected chi connectivity index (χ3v) is 5.00. The van der Waals surface area contributed by atoms with E-state index in [9.17, 15) is 13.2 Å². The Morgan fingerprint density at radius 3 is 2.30 bits per heavy atom. The van der Waals surface area contributed by atoms with Gasteiger partial charge in [-0.25, -0.2) is 13.2 Å². The molecule has 0 saturated carbocycles. The summed E-state index contributed by atoms with van der Waals surface area (Å²) in [6.07, 6.45) is 1.19. The lowest BCUT2D eigenvalue weighted by Crippen LogP contribution is -2.49. The van der Waals surface area contributed by atoms with Crippen LogP contribution in [0.5, 0.6) is 0 Å². The Kier molecular flexibility index (Phi) is 6.62. The molecule has 0 spiro atoms. The molecule has 0 radical (unpaired) electrons. The molecule has 1 aromatic carbocycles. The van der Waals surface area contributed by atoms with E-state index in [1.54, 1.807) is 11.8 Å². The van der Waals surface area contributed by atoms with Crippen molar-refractivity contribution in [3.8, 4) is 0 Å². The first kappa shape index (κ1) is 19.5. The van der Waals surface area contributed by atoms with Crippen molar-refractivity contribution in [1.29, 1.82) is 0 Å². The van der Waals surface area contributed by atoms with Crippen molar-refractivity contribution in [2.45, 2.75) is 39.2 Å². The third-order valence-electron chi connectivity index (χ3n) is 3.91. The quantitative estimate of drug-likeness (QED) is 0.829. The molecule has 1 atom stereocenters. The van der Waals surface area contributed by atoms with Gasteiger partial charge in [0.25, 0.3) is 0 Å². The van der Waals surface area contributed by atoms with Crippen LogP contribution in [0, 0.1) is 0 Å². The normalized spacial score (nSPS) is 13.4. The van der Waals surface area contributed by atoms with Crippen molar-refractivity contribution >= 4 is 15.9 Å². The van der Waals surface area contributed by atoms with Crippen molar-refractivity contribution in [3.63, 3.8) is 0 Å². The van der Waals surface area contributed by atoms with Crippen molar-refractivity contribution < 1.29 is 13.2 Å². The minimum Gasteiger partial charge on any atom is -0.337 e. The Morgan fingerprint density at radius 1 is 1.26 bits per heavy atom. The first-order valence-corrected chi connectivity index (χ1v) is 9.90. The first-order chi connectivity index (χ1) is 10.6. The maximum Gasteiger partial charge on any atom is 0.317 e. The van der Waals surface area contributed by atoms with Crippen LogP contribution in [-0.4, -0.2) is 50.5 Å². The molecule has 1 aromatic rings. The molecule has 1 rings (SSSR count). The van der Waals surface area contributed by atoms with Crippen molar-refractivity contribution in [1.82, 2.24) is 10.2 Å². The van der Waals surface area contributed by atoms with Crippen molar-refractivity contribution in [3.05, 3.63) is 35.9 Å². The summed E-state index contributed by atoms with van der Waals surface area (Å²) in [5.41, 5.74) is 0.948. The van der Waals surface area contributed by atoms with E-state index >= 15 is 0 Å². The maximum atomic E-state index is 12.4. The Morgan fingerprint density at radius 2 is 1.83 bits per heavy atom. The van der Waals surface area contributed by atoms with E-state index in [0.29, 0.717) is 13.1 Å². The zero-order chi connectivity index (χ0) is 17.7. The smallest absolute Gasteiger partial charge is 0.317 e. The summed E-state index contributed by atoms with van der Waals surface area (Å²) in [4.78, 5) is 14.0. The average molecular weight is 340 g/mol. The summed E-state index contributed by atoms with van der Waals surface area (Å²) in [6.45, 7) is 8.69. The van der Waals surface area contributed by atoms with Gasteiger partial charge in [-0.15, -0.1) is 0 Å². The number of nitrogens with zero attached hydrogens (tertiary/aromatic N) is 1. The molecular weight excluding hydrogens is 312 g/mol. The zero-order valence-corrected chi connectivity index (χ0v) is 15.5. The number of hydrogen-bond acceptors (Lipinski definition) is 3. The molecule has 0 saturated heterocycles. The second-order valence-corrected chi connectivity index (χ2v) is 8.82. The van der Waals surface area contributed by atoms with Gasteiger partial charge in [-0.3, -0.25) is 0 Å². The van der Waals surface area contributed by atoms with Gasteiger partial charge < -0.3 is 10.2 Å². The molecule has 23 heavy (non-hydrogen) atoms. The summed E-state index contributed by atoms with van der Waals surface area (Å²) < 4.78 is 22.9. The first-order valence-electron chi connectivity index (χ1n) is 7.84. The molecule has 0 aliphatic rings. The SMILES string of the molecule is CCN(C(=O)NCC(C)(C)c1ccccc1)[C@H](C)CS(C)(=O)=O. The summed E-state index contributed by atoms with van der Waals surface area (Å²) in [5.74, 6) is -0.0314. The molecule has 0 aromatic heterocycles. The van der Waals surface area contributed by atoms with Crippen LogP contribution >= 0.6 is 0 Å². The largest absolute Gasteiger partial charge is 0.337 e. The summed E-state index contributed by atoms with van der Waals surface area (Å²) in [5, 5.41) is 2.93. The van der Waals surface area contributed by atoms with Gasteiger partial charge in [0.1, 0.15) is 9.84 Å². The van der Waals surface area contributed by atoms with Gasteiger partial charge in [-0.2, -0.15) is 0 Å². The molecule has 0 heterocycles. The van der Waals surface area contributed by atoms with E-state index in [4.69, 9.17) is 0 Å². The predicted octanol–water partition coefficient (Wildman–Crippen LogP) is 2.43. The number of urea groups is 1. The number of hydrogen-bond donors (Lipinski definition) is 1. The molecule has 0 unspecified atom stereocenters. The average Bonchev–Trinajstić information content (AvgIpc) is 2.45. The van der Waals surface area contributed by atoms with E-state index in [-0.39, 0.29) is 23.2 Å². The Hall–Kier alpha value is -1.56. The van der Waals surface area contributed by atoms with Gasteiger partial charge in [0.15, 0.2) is 0 Å². The lowest BCUT2D eigenvalue weighted by Gasteiger charge is -2.31. The molecule has 2 amide bonds. The van der Waals surface area contributed by atoms with Crippen LogP contribution in [0.3, 0.4) is 0 Å². The predicted molar refractivity (Wildman–Crippen MR) is 94.4 cm³/mol. The highest BCUT2D eigenvalue weighted by Crippen LogP contribution is 2.21. The van der Waals surface area contributed by atoms with Crippen LogP contribution in [0.25, 0.3) is 0 Å². The number of nitrogens with one attached hydrogen (secondary N) is 1. The van der Waals surface area contributed by atoms with Crippen LogP contribution in [0.15, 0.2) is 30.3 Å². The summed E-state index contributed by atoms with van der Waals surface area (Å²) >= 11 is 0. The molecule has 1 N–H and O–H groups in total. The monoisotopic (exact) mass is 340 g/mol. The third kappa shape index (κ3) is 6.22. The van der Waals surface area contributed by atoms with E-state index in [1.807, 2.05) is 37.3 Å². The van der Waals surface area contributed by atoms with Gasteiger partial charge in [-0.05, 0) is 19.4 Å². The number of sulfone groups is 1. The van der Waals surface area contributed by atoms with E-state index in [0.717, 1.165) is 5.56 Å². The molecule has 130 valence electrons. The van der Waals surface area contributed by atoms with Gasteiger partial charge in [0.2, 0.25) is 0 Å². The Bertz CT molecular complexity index is 612. The Balaban J connectivity index is 2.70. The van der Waals surface area contributed by atoms with Crippen LogP contribution in [0.4, 0.5) is 4.79 Å².